The fourth-order valence-electron chi connectivity index (χ4n) is 1.71. The van der Waals surface area contributed by atoms with Gasteiger partial charge in [-0.05, 0) is 31.8 Å². The third-order valence-corrected chi connectivity index (χ3v) is 3.58. The van der Waals surface area contributed by atoms with Crippen LogP contribution in [0.1, 0.15) is 17.7 Å². The van der Waals surface area contributed by atoms with Crippen LogP contribution in [0.5, 0.6) is 0 Å². The van der Waals surface area contributed by atoms with Crippen LogP contribution < -0.4 is 5.32 Å². The largest absolute Gasteiger partial charge is 0.305 e. The van der Waals surface area contributed by atoms with Crippen LogP contribution >= 0.6 is 11.8 Å². The maximum atomic E-state index is 8.54. The first kappa shape index (κ1) is 16.5. The Morgan fingerprint density at radius 1 is 1.55 bits per heavy atom. The molecule has 0 aliphatic carbocycles. The molecule has 5 nitrogen and oxygen atoms in total. The van der Waals surface area contributed by atoms with Gasteiger partial charge in [-0.1, -0.05) is 0 Å². The van der Waals surface area contributed by atoms with E-state index in [1.807, 2.05) is 18.5 Å². The van der Waals surface area contributed by atoms with Crippen LogP contribution in [0.4, 0.5) is 0 Å². The molecule has 1 N–H and O–H groups in total. The zero-order valence-electron chi connectivity index (χ0n) is 12.3. The Hall–Kier alpha value is -1.58. The van der Waals surface area contributed by atoms with Gasteiger partial charge in [0.15, 0.2) is 6.19 Å². The summed E-state index contributed by atoms with van der Waals surface area (Å²) in [4.78, 5) is 10.5. The lowest BCUT2D eigenvalue weighted by Crippen LogP contribution is -2.18. The van der Waals surface area contributed by atoms with Crippen molar-refractivity contribution in [2.24, 2.45) is 4.99 Å². The van der Waals surface area contributed by atoms with Crippen LogP contribution in [-0.4, -0.2) is 42.6 Å². The molecule has 20 heavy (non-hydrogen) atoms. The highest BCUT2D eigenvalue weighted by Crippen LogP contribution is 2.13. The van der Waals surface area contributed by atoms with E-state index < -0.39 is 0 Å². The molecule has 0 spiro atoms. The van der Waals surface area contributed by atoms with Crippen LogP contribution in [-0.2, 0) is 12.3 Å². The van der Waals surface area contributed by atoms with Gasteiger partial charge >= 0.3 is 0 Å². The quantitative estimate of drug-likeness (QED) is 0.273. The Kier molecular flexibility index (Phi) is 7.70. The van der Waals surface area contributed by atoms with Gasteiger partial charge in [0.1, 0.15) is 5.84 Å². The Morgan fingerprint density at radius 2 is 2.35 bits per heavy atom. The van der Waals surface area contributed by atoms with Crippen molar-refractivity contribution in [1.82, 2.24) is 15.2 Å². The molecular formula is C14H21N5S. The van der Waals surface area contributed by atoms with Crippen LogP contribution in [0, 0.1) is 11.5 Å². The van der Waals surface area contributed by atoms with Crippen molar-refractivity contribution in [3.8, 4) is 6.19 Å². The predicted octanol–water partition coefficient (Wildman–Crippen LogP) is 1.87. The maximum Gasteiger partial charge on any atom is 0.182 e. The molecule has 1 aromatic rings. The van der Waals surface area contributed by atoms with Crippen molar-refractivity contribution in [2.45, 2.75) is 18.7 Å². The van der Waals surface area contributed by atoms with E-state index >= 15 is 0 Å². The van der Waals surface area contributed by atoms with E-state index in [2.05, 4.69) is 40.4 Å². The number of nitriles is 1. The number of aromatic nitrogens is 1. The minimum absolute atomic E-state index is 0.731. The second kappa shape index (κ2) is 9.34. The Morgan fingerprint density at radius 3 is 3.00 bits per heavy atom. The van der Waals surface area contributed by atoms with E-state index in [1.54, 1.807) is 18.8 Å². The van der Waals surface area contributed by atoms with Gasteiger partial charge in [0.2, 0.25) is 0 Å². The van der Waals surface area contributed by atoms with Crippen molar-refractivity contribution < 1.29 is 0 Å². The zero-order valence-corrected chi connectivity index (χ0v) is 13.1. The van der Waals surface area contributed by atoms with Crippen LogP contribution in [0.25, 0.3) is 0 Å². The van der Waals surface area contributed by atoms with E-state index in [1.165, 1.54) is 5.56 Å². The van der Waals surface area contributed by atoms with E-state index in [0.717, 1.165) is 36.0 Å². The van der Waals surface area contributed by atoms with Crippen molar-refractivity contribution in [3.63, 3.8) is 0 Å². The second-order valence-corrected chi connectivity index (χ2v) is 5.71. The molecule has 0 saturated carbocycles. The van der Waals surface area contributed by atoms with Gasteiger partial charge in [-0.25, -0.2) is 0 Å². The van der Waals surface area contributed by atoms with Gasteiger partial charge in [0.25, 0.3) is 0 Å². The molecule has 0 aliphatic heterocycles. The Bertz CT molecular complexity index is 479. The standard InChI is InChI=1S/C14H21N5S/c1-16-14(18-11-15)5-7-20-10-13-8-12(4-6-17-13)9-19(2)3/h4,6,8H,5,7,9-10H2,1-3H3,(H,16,18). The molecule has 1 heterocycles. The summed E-state index contributed by atoms with van der Waals surface area (Å²) in [6, 6.07) is 4.20. The molecule has 0 fully saturated rings. The van der Waals surface area contributed by atoms with E-state index in [4.69, 9.17) is 5.26 Å². The molecule has 0 bridgehead atoms. The molecular weight excluding hydrogens is 270 g/mol. The lowest BCUT2D eigenvalue weighted by molar-refractivity contribution is 0.402. The average molecular weight is 291 g/mol. The van der Waals surface area contributed by atoms with E-state index in [0.29, 0.717) is 0 Å². The van der Waals surface area contributed by atoms with Crippen molar-refractivity contribution in [2.75, 3.05) is 26.9 Å². The summed E-state index contributed by atoms with van der Waals surface area (Å²) in [5.41, 5.74) is 2.38. The molecule has 6 heteroatoms. The molecule has 0 amide bonds. The third kappa shape index (κ3) is 6.55. The first-order valence-corrected chi connectivity index (χ1v) is 7.58. The molecule has 0 radical (unpaired) electrons. The number of thioether (sulfide) groups is 1. The Balaban J connectivity index is 2.37. The molecule has 0 saturated heterocycles. The second-order valence-electron chi connectivity index (χ2n) is 4.60. The minimum Gasteiger partial charge on any atom is -0.305 e. The van der Waals surface area contributed by atoms with Crippen molar-refractivity contribution in [1.29, 1.82) is 5.26 Å². The maximum absolute atomic E-state index is 8.54. The SMILES string of the molecule is C/N=C(/CCSCc1cc(CN(C)C)ccn1)NC#N. The molecule has 108 valence electrons. The first-order valence-electron chi connectivity index (χ1n) is 6.42. The number of pyridine rings is 1. The van der Waals surface area contributed by atoms with Gasteiger partial charge in [-0.2, -0.15) is 17.0 Å². The van der Waals surface area contributed by atoms with Gasteiger partial charge in [-0.3, -0.25) is 15.3 Å². The predicted molar refractivity (Wildman–Crippen MR) is 84.5 cm³/mol. The summed E-state index contributed by atoms with van der Waals surface area (Å²) in [5.74, 6) is 2.53. The number of hydrogen-bond donors (Lipinski definition) is 1. The summed E-state index contributed by atoms with van der Waals surface area (Å²) in [6.07, 6.45) is 4.53. The first-order chi connectivity index (χ1) is 9.65. The molecule has 1 rings (SSSR count). The molecule has 1 aromatic heterocycles. The molecule has 0 unspecified atom stereocenters. The monoisotopic (exact) mass is 291 g/mol. The molecule has 0 aliphatic rings. The number of rotatable bonds is 7. The van der Waals surface area contributed by atoms with Gasteiger partial charge in [0.05, 0.1) is 5.69 Å². The minimum atomic E-state index is 0.731. The number of hydrogen-bond acceptors (Lipinski definition) is 5. The normalized spacial score (nSPS) is 11.4. The Labute approximate surface area is 125 Å². The summed E-state index contributed by atoms with van der Waals surface area (Å²) >= 11 is 1.80. The van der Waals surface area contributed by atoms with Gasteiger partial charge in [-0.15, -0.1) is 0 Å². The highest BCUT2D eigenvalue weighted by Gasteiger charge is 2.01. The highest BCUT2D eigenvalue weighted by atomic mass is 32.2. The van der Waals surface area contributed by atoms with Gasteiger partial charge < -0.3 is 4.90 Å². The number of nitrogens with zero attached hydrogens (tertiary/aromatic N) is 4. The van der Waals surface area contributed by atoms with E-state index in [9.17, 15) is 0 Å². The topological polar surface area (TPSA) is 64.3 Å². The lowest BCUT2D eigenvalue weighted by Gasteiger charge is -2.10. The number of aliphatic imine (C=N–C) groups is 1. The van der Waals surface area contributed by atoms with Crippen LogP contribution in [0.15, 0.2) is 23.3 Å². The number of nitrogens with one attached hydrogen (secondary N) is 1. The fourth-order valence-corrected chi connectivity index (χ4v) is 2.56. The summed E-state index contributed by atoms with van der Waals surface area (Å²) in [5, 5.41) is 11.1. The highest BCUT2D eigenvalue weighted by molar-refractivity contribution is 7.98. The smallest absolute Gasteiger partial charge is 0.182 e. The van der Waals surface area contributed by atoms with Crippen LogP contribution in [0.2, 0.25) is 0 Å². The van der Waals surface area contributed by atoms with E-state index in [-0.39, 0.29) is 0 Å². The zero-order chi connectivity index (χ0) is 14.8. The van der Waals surface area contributed by atoms with Gasteiger partial charge in [0, 0.05) is 37.7 Å². The van der Waals surface area contributed by atoms with Crippen molar-refractivity contribution in [3.05, 3.63) is 29.6 Å². The van der Waals surface area contributed by atoms with Crippen molar-refractivity contribution >= 4 is 17.6 Å². The summed E-state index contributed by atoms with van der Waals surface area (Å²) in [6.45, 7) is 0.929. The van der Waals surface area contributed by atoms with Crippen LogP contribution in [0.3, 0.4) is 0 Å². The molecule has 0 atom stereocenters. The summed E-state index contributed by atoms with van der Waals surface area (Å²) < 4.78 is 0. The number of amidine groups is 1. The lowest BCUT2D eigenvalue weighted by atomic mass is 10.2. The third-order valence-electron chi connectivity index (χ3n) is 2.58. The summed E-state index contributed by atoms with van der Waals surface area (Å²) in [7, 11) is 5.81. The fraction of sp³-hybridized carbons (Fsp3) is 0.500. The molecule has 0 aromatic carbocycles. The average Bonchev–Trinajstić information content (AvgIpc) is 2.42.